The average Bonchev–Trinajstić information content (AvgIpc) is 2.35. The van der Waals surface area contributed by atoms with E-state index in [1.807, 2.05) is 24.3 Å². The number of aliphatic hydroxyl groups excluding tert-OH is 1. The molecule has 0 saturated heterocycles. The van der Waals surface area contributed by atoms with Gasteiger partial charge in [0.1, 0.15) is 0 Å². The van der Waals surface area contributed by atoms with Crippen molar-refractivity contribution in [2.45, 2.75) is 32.6 Å². The third kappa shape index (κ3) is 6.25. The van der Waals surface area contributed by atoms with Gasteiger partial charge in [0.05, 0.1) is 0 Å². The molecular formula is C14H22N2O2. The van der Waals surface area contributed by atoms with Gasteiger partial charge in [0.25, 0.3) is 0 Å². The molecule has 4 nitrogen and oxygen atoms in total. The van der Waals surface area contributed by atoms with E-state index in [2.05, 4.69) is 10.6 Å². The molecule has 4 heteroatoms. The van der Waals surface area contributed by atoms with Crippen LogP contribution >= 0.6 is 0 Å². The largest absolute Gasteiger partial charge is 0.396 e. The highest BCUT2D eigenvalue weighted by atomic mass is 16.2. The van der Waals surface area contributed by atoms with Gasteiger partial charge in [0.2, 0.25) is 5.91 Å². The Hall–Kier alpha value is -1.55. The van der Waals surface area contributed by atoms with E-state index in [1.54, 1.807) is 0 Å². The molecule has 1 amide bonds. The Morgan fingerprint density at radius 3 is 2.28 bits per heavy atom. The average molecular weight is 250 g/mol. The lowest BCUT2D eigenvalue weighted by Crippen LogP contribution is -2.06. The Morgan fingerprint density at radius 2 is 1.67 bits per heavy atom. The predicted octanol–water partition coefficient (Wildman–Crippen LogP) is 2.61. The zero-order valence-electron chi connectivity index (χ0n) is 10.9. The number of nitrogens with one attached hydrogen (secondary N) is 2. The van der Waals surface area contributed by atoms with E-state index in [1.165, 1.54) is 6.92 Å². The first-order chi connectivity index (χ1) is 8.72. The van der Waals surface area contributed by atoms with Crippen LogP contribution in [0.25, 0.3) is 0 Å². The zero-order valence-corrected chi connectivity index (χ0v) is 10.9. The molecule has 100 valence electrons. The molecule has 1 aromatic carbocycles. The molecule has 0 bridgehead atoms. The van der Waals surface area contributed by atoms with E-state index in [0.29, 0.717) is 0 Å². The summed E-state index contributed by atoms with van der Waals surface area (Å²) < 4.78 is 0. The van der Waals surface area contributed by atoms with Gasteiger partial charge in [-0.2, -0.15) is 0 Å². The fraction of sp³-hybridized carbons (Fsp3) is 0.500. The molecule has 0 radical (unpaired) electrons. The second-order valence-electron chi connectivity index (χ2n) is 4.32. The number of carbonyl (C=O) groups excluding carboxylic acids is 1. The molecular weight excluding hydrogens is 228 g/mol. The van der Waals surface area contributed by atoms with E-state index >= 15 is 0 Å². The summed E-state index contributed by atoms with van der Waals surface area (Å²) in [5.74, 6) is -0.0559. The summed E-state index contributed by atoms with van der Waals surface area (Å²) in [5, 5.41) is 14.7. The number of unbranched alkanes of at least 4 members (excludes halogenated alkanes) is 3. The summed E-state index contributed by atoms with van der Waals surface area (Å²) in [6.07, 6.45) is 4.22. The van der Waals surface area contributed by atoms with E-state index in [0.717, 1.165) is 43.6 Å². The van der Waals surface area contributed by atoms with Crippen LogP contribution in [0, 0.1) is 0 Å². The van der Waals surface area contributed by atoms with Crippen molar-refractivity contribution in [3.8, 4) is 0 Å². The van der Waals surface area contributed by atoms with Gasteiger partial charge < -0.3 is 15.7 Å². The fourth-order valence-corrected chi connectivity index (χ4v) is 1.70. The molecule has 0 heterocycles. The van der Waals surface area contributed by atoms with Crippen molar-refractivity contribution < 1.29 is 9.90 Å². The third-order valence-electron chi connectivity index (χ3n) is 2.62. The van der Waals surface area contributed by atoms with Gasteiger partial charge in [-0.15, -0.1) is 0 Å². The number of hydrogen-bond acceptors (Lipinski definition) is 3. The van der Waals surface area contributed by atoms with Crippen molar-refractivity contribution in [2.75, 3.05) is 23.8 Å². The zero-order chi connectivity index (χ0) is 13.2. The third-order valence-corrected chi connectivity index (χ3v) is 2.62. The standard InChI is InChI=1S/C14H22N2O2/c1-12(18)16-14-8-6-13(7-9-14)15-10-4-2-3-5-11-17/h6-9,15,17H,2-5,10-11H2,1H3,(H,16,18). The molecule has 0 spiro atoms. The van der Waals surface area contributed by atoms with Crippen molar-refractivity contribution in [3.05, 3.63) is 24.3 Å². The van der Waals surface area contributed by atoms with Crippen LogP contribution in [-0.2, 0) is 4.79 Å². The Balaban J connectivity index is 2.20. The molecule has 18 heavy (non-hydrogen) atoms. The van der Waals surface area contributed by atoms with Crippen LogP contribution in [0.1, 0.15) is 32.6 Å². The molecule has 0 saturated carbocycles. The molecule has 0 atom stereocenters. The molecule has 3 N–H and O–H groups in total. The first-order valence-electron chi connectivity index (χ1n) is 6.45. The summed E-state index contributed by atoms with van der Waals surface area (Å²) in [6, 6.07) is 7.68. The van der Waals surface area contributed by atoms with Gasteiger partial charge in [-0.1, -0.05) is 12.8 Å². The minimum absolute atomic E-state index is 0.0559. The Bertz CT molecular complexity index is 349. The first-order valence-corrected chi connectivity index (χ1v) is 6.45. The summed E-state index contributed by atoms with van der Waals surface area (Å²) in [6.45, 7) is 2.72. The van der Waals surface area contributed by atoms with Crippen LogP contribution in [0.3, 0.4) is 0 Å². The van der Waals surface area contributed by atoms with E-state index in [4.69, 9.17) is 5.11 Å². The topological polar surface area (TPSA) is 61.4 Å². The summed E-state index contributed by atoms with van der Waals surface area (Å²) in [4.78, 5) is 10.9. The van der Waals surface area contributed by atoms with Gasteiger partial charge in [0, 0.05) is 31.5 Å². The summed E-state index contributed by atoms with van der Waals surface area (Å²) in [7, 11) is 0. The van der Waals surface area contributed by atoms with Gasteiger partial charge in [-0.3, -0.25) is 4.79 Å². The van der Waals surface area contributed by atoms with Gasteiger partial charge in [-0.25, -0.2) is 0 Å². The maximum Gasteiger partial charge on any atom is 0.221 e. The maximum absolute atomic E-state index is 10.9. The lowest BCUT2D eigenvalue weighted by atomic mass is 10.2. The lowest BCUT2D eigenvalue weighted by Gasteiger charge is -2.07. The number of carbonyl (C=O) groups is 1. The number of hydrogen-bond donors (Lipinski definition) is 3. The van der Waals surface area contributed by atoms with Crippen molar-refractivity contribution >= 4 is 17.3 Å². The SMILES string of the molecule is CC(=O)Nc1ccc(NCCCCCCO)cc1. The minimum atomic E-state index is -0.0559. The smallest absolute Gasteiger partial charge is 0.221 e. The fourth-order valence-electron chi connectivity index (χ4n) is 1.70. The molecule has 0 aliphatic rings. The van der Waals surface area contributed by atoms with Crippen molar-refractivity contribution in [1.29, 1.82) is 0 Å². The van der Waals surface area contributed by atoms with Crippen LogP contribution in [0.15, 0.2) is 24.3 Å². The molecule has 1 aromatic rings. The van der Waals surface area contributed by atoms with Gasteiger partial charge >= 0.3 is 0 Å². The maximum atomic E-state index is 10.9. The van der Waals surface area contributed by atoms with Crippen LogP contribution in [0.2, 0.25) is 0 Å². The van der Waals surface area contributed by atoms with Crippen LogP contribution in [0.4, 0.5) is 11.4 Å². The summed E-state index contributed by atoms with van der Waals surface area (Å²) >= 11 is 0. The monoisotopic (exact) mass is 250 g/mol. The molecule has 0 aliphatic carbocycles. The van der Waals surface area contributed by atoms with E-state index < -0.39 is 0 Å². The Labute approximate surface area is 108 Å². The lowest BCUT2D eigenvalue weighted by molar-refractivity contribution is -0.114. The van der Waals surface area contributed by atoms with E-state index in [-0.39, 0.29) is 12.5 Å². The van der Waals surface area contributed by atoms with Gasteiger partial charge in [0.15, 0.2) is 0 Å². The Kier molecular flexibility index (Phi) is 6.87. The van der Waals surface area contributed by atoms with Crippen LogP contribution < -0.4 is 10.6 Å². The quantitative estimate of drug-likeness (QED) is 0.621. The van der Waals surface area contributed by atoms with Crippen LogP contribution in [0.5, 0.6) is 0 Å². The highest BCUT2D eigenvalue weighted by Crippen LogP contribution is 2.13. The van der Waals surface area contributed by atoms with Crippen molar-refractivity contribution in [3.63, 3.8) is 0 Å². The van der Waals surface area contributed by atoms with Crippen molar-refractivity contribution in [1.82, 2.24) is 0 Å². The predicted molar refractivity (Wildman–Crippen MR) is 74.8 cm³/mol. The second-order valence-corrected chi connectivity index (χ2v) is 4.32. The number of amides is 1. The van der Waals surface area contributed by atoms with Crippen LogP contribution in [-0.4, -0.2) is 24.2 Å². The Morgan fingerprint density at radius 1 is 1.06 bits per heavy atom. The van der Waals surface area contributed by atoms with Crippen molar-refractivity contribution in [2.24, 2.45) is 0 Å². The number of aliphatic hydroxyl groups is 1. The molecule has 0 aromatic heterocycles. The molecule has 0 fully saturated rings. The first kappa shape index (κ1) is 14.5. The molecule has 1 rings (SSSR count). The molecule has 0 aliphatic heterocycles. The highest BCUT2D eigenvalue weighted by molar-refractivity contribution is 5.88. The number of anilines is 2. The number of benzene rings is 1. The summed E-state index contributed by atoms with van der Waals surface area (Å²) in [5.41, 5.74) is 1.88. The van der Waals surface area contributed by atoms with Gasteiger partial charge in [-0.05, 0) is 37.1 Å². The molecule has 0 unspecified atom stereocenters. The highest BCUT2D eigenvalue weighted by Gasteiger charge is 1.96. The number of rotatable bonds is 8. The second kappa shape index (κ2) is 8.53. The van der Waals surface area contributed by atoms with E-state index in [9.17, 15) is 4.79 Å². The minimum Gasteiger partial charge on any atom is -0.396 e. The normalized spacial score (nSPS) is 10.1.